The molecule has 3 aromatic carbocycles. The van der Waals surface area contributed by atoms with Crippen LogP contribution in [0.15, 0.2) is 72.8 Å². The average Bonchev–Trinajstić information content (AvgIpc) is 2.65. The van der Waals surface area contributed by atoms with Crippen molar-refractivity contribution in [1.82, 2.24) is 0 Å². The number of rotatable bonds is 8. The number of anilines is 1. The summed E-state index contributed by atoms with van der Waals surface area (Å²) in [5.74, 6) is 1.66. The van der Waals surface area contributed by atoms with Crippen molar-refractivity contribution in [2.24, 2.45) is 0 Å². The maximum absolute atomic E-state index is 6.00. The Bertz CT molecular complexity index is 803. The predicted molar refractivity (Wildman–Crippen MR) is 108 cm³/mol. The summed E-state index contributed by atoms with van der Waals surface area (Å²) in [6, 6.07) is 23.0. The molecule has 0 bridgehead atoms. The second kappa shape index (κ2) is 9.37. The lowest BCUT2D eigenvalue weighted by atomic mass is 10.2. The average molecular weight is 388 g/mol. The van der Waals surface area contributed by atoms with Gasteiger partial charge in [0.2, 0.25) is 0 Å². The van der Waals surface area contributed by atoms with Crippen molar-refractivity contribution in [3.63, 3.8) is 0 Å². The molecular formula is C21H19Cl2NO2. The Balaban J connectivity index is 1.43. The molecule has 0 heterocycles. The second-order valence-corrected chi connectivity index (χ2v) is 6.54. The zero-order valence-corrected chi connectivity index (χ0v) is 15.6. The van der Waals surface area contributed by atoms with Crippen molar-refractivity contribution in [3.05, 3.63) is 88.4 Å². The van der Waals surface area contributed by atoms with E-state index in [1.807, 2.05) is 66.7 Å². The van der Waals surface area contributed by atoms with Gasteiger partial charge in [0.15, 0.2) is 0 Å². The molecule has 26 heavy (non-hydrogen) atoms. The first-order valence-corrected chi connectivity index (χ1v) is 9.04. The maximum Gasteiger partial charge on any atom is 0.122 e. The molecule has 1 N–H and O–H groups in total. The summed E-state index contributed by atoms with van der Waals surface area (Å²) in [7, 11) is 0. The minimum Gasteiger partial charge on any atom is -0.490 e. The van der Waals surface area contributed by atoms with E-state index in [2.05, 4.69) is 5.32 Å². The van der Waals surface area contributed by atoms with Gasteiger partial charge >= 0.3 is 0 Å². The second-order valence-electron chi connectivity index (χ2n) is 5.67. The molecule has 0 radical (unpaired) electrons. The van der Waals surface area contributed by atoms with Gasteiger partial charge in [-0.1, -0.05) is 53.5 Å². The van der Waals surface area contributed by atoms with Gasteiger partial charge < -0.3 is 14.8 Å². The van der Waals surface area contributed by atoms with Gasteiger partial charge in [0.1, 0.15) is 24.7 Å². The van der Waals surface area contributed by atoms with Crippen LogP contribution in [0.5, 0.6) is 11.5 Å². The Hall–Kier alpha value is -2.36. The molecule has 3 nitrogen and oxygen atoms in total. The van der Waals surface area contributed by atoms with E-state index in [-0.39, 0.29) is 0 Å². The third-order valence-electron chi connectivity index (χ3n) is 3.65. The molecule has 134 valence electrons. The summed E-state index contributed by atoms with van der Waals surface area (Å²) in [5, 5.41) is 4.53. The zero-order chi connectivity index (χ0) is 18.2. The van der Waals surface area contributed by atoms with Crippen LogP contribution in [0.2, 0.25) is 10.0 Å². The van der Waals surface area contributed by atoms with Crippen molar-refractivity contribution < 1.29 is 9.47 Å². The molecule has 0 aliphatic heterocycles. The van der Waals surface area contributed by atoms with E-state index >= 15 is 0 Å². The van der Waals surface area contributed by atoms with Crippen molar-refractivity contribution in [2.75, 3.05) is 18.5 Å². The molecule has 0 atom stereocenters. The van der Waals surface area contributed by atoms with Crippen molar-refractivity contribution in [3.8, 4) is 11.5 Å². The number of halogens is 2. The first-order chi connectivity index (χ1) is 12.7. The fourth-order valence-corrected chi connectivity index (χ4v) is 2.93. The maximum atomic E-state index is 6.00. The lowest BCUT2D eigenvalue weighted by Crippen LogP contribution is -2.09. The minimum atomic E-state index is 0.494. The van der Waals surface area contributed by atoms with Crippen LogP contribution in [0.4, 0.5) is 5.69 Å². The highest BCUT2D eigenvalue weighted by molar-refractivity contribution is 6.35. The molecule has 0 fully saturated rings. The Morgan fingerprint density at radius 2 is 1.27 bits per heavy atom. The molecule has 0 aliphatic carbocycles. The van der Waals surface area contributed by atoms with Gasteiger partial charge in [-0.15, -0.1) is 0 Å². The van der Waals surface area contributed by atoms with Gasteiger partial charge in [-0.3, -0.25) is 0 Å². The van der Waals surface area contributed by atoms with Crippen molar-refractivity contribution in [2.45, 2.75) is 6.54 Å². The molecule has 0 saturated heterocycles. The minimum absolute atomic E-state index is 0.494. The largest absolute Gasteiger partial charge is 0.490 e. The predicted octanol–water partition coefficient (Wildman–Crippen LogP) is 6.06. The van der Waals surface area contributed by atoms with E-state index in [9.17, 15) is 0 Å². The van der Waals surface area contributed by atoms with Gasteiger partial charge in [-0.25, -0.2) is 0 Å². The summed E-state index contributed by atoms with van der Waals surface area (Å²) < 4.78 is 11.3. The lowest BCUT2D eigenvalue weighted by molar-refractivity contribution is 0.217. The topological polar surface area (TPSA) is 30.5 Å². The van der Waals surface area contributed by atoms with Crippen molar-refractivity contribution >= 4 is 28.9 Å². The van der Waals surface area contributed by atoms with Crippen LogP contribution in [0.3, 0.4) is 0 Å². The van der Waals surface area contributed by atoms with Gasteiger partial charge in [-0.05, 0) is 48.0 Å². The van der Waals surface area contributed by atoms with Crippen LogP contribution in [0.25, 0.3) is 0 Å². The van der Waals surface area contributed by atoms with Crippen LogP contribution < -0.4 is 14.8 Å². The summed E-state index contributed by atoms with van der Waals surface area (Å²) in [4.78, 5) is 0. The smallest absolute Gasteiger partial charge is 0.122 e. The van der Waals surface area contributed by atoms with E-state index in [0.717, 1.165) is 22.7 Å². The Morgan fingerprint density at radius 1 is 0.692 bits per heavy atom. The summed E-state index contributed by atoms with van der Waals surface area (Å²) >= 11 is 12.0. The van der Waals surface area contributed by atoms with E-state index in [0.29, 0.717) is 29.8 Å². The summed E-state index contributed by atoms with van der Waals surface area (Å²) in [5.41, 5.74) is 2.02. The standard InChI is InChI=1S/C21H19Cl2NO2/c22-17-12-18(23)14-19(13-17)24-15-16-6-8-21(9-7-16)26-11-10-25-20-4-2-1-3-5-20/h1-9,12-14,24H,10-11,15H2. The highest BCUT2D eigenvalue weighted by Crippen LogP contribution is 2.23. The van der Waals surface area contributed by atoms with Crippen molar-refractivity contribution in [1.29, 1.82) is 0 Å². The van der Waals surface area contributed by atoms with E-state index in [1.165, 1.54) is 0 Å². The molecule has 0 saturated carbocycles. The third kappa shape index (κ3) is 5.87. The third-order valence-corrected chi connectivity index (χ3v) is 4.08. The Morgan fingerprint density at radius 3 is 1.88 bits per heavy atom. The highest BCUT2D eigenvalue weighted by Gasteiger charge is 2.00. The van der Waals surface area contributed by atoms with Crippen LogP contribution in [-0.4, -0.2) is 13.2 Å². The first kappa shape index (κ1) is 18.4. The van der Waals surface area contributed by atoms with E-state index in [4.69, 9.17) is 32.7 Å². The summed E-state index contributed by atoms with van der Waals surface area (Å²) in [6.45, 7) is 1.67. The van der Waals surface area contributed by atoms with Crippen LogP contribution in [0.1, 0.15) is 5.56 Å². The Kier molecular flexibility index (Phi) is 6.64. The fourth-order valence-electron chi connectivity index (χ4n) is 2.40. The van der Waals surface area contributed by atoms with Gasteiger partial charge in [0, 0.05) is 22.3 Å². The lowest BCUT2D eigenvalue weighted by Gasteiger charge is -2.10. The molecular weight excluding hydrogens is 369 g/mol. The number of ether oxygens (including phenoxy) is 2. The number of para-hydroxylation sites is 1. The number of hydrogen-bond acceptors (Lipinski definition) is 3. The van der Waals surface area contributed by atoms with Crippen LogP contribution >= 0.6 is 23.2 Å². The fraction of sp³-hybridized carbons (Fsp3) is 0.143. The van der Waals surface area contributed by atoms with E-state index < -0.39 is 0 Å². The summed E-state index contributed by atoms with van der Waals surface area (Å²) in [6.07, 6.45) is 0. The molecule has 3 aromatic rings. The Labute approximate surface area is 163 Å². The van der Waals surface area contributed by atoms with Crippen LogP contribution in [-0.2, 0) is 6.54 Å². The zero-order valence-electron chi connectivity index (χ0n) is 14.1. The van der Waals surface area contributed by atoms with E-state index in [1.54, 1.807) is 6.07 Å². The SMILES string of the molecule is Clc1cc(Cl)cc(NCc2ccc(OCCOc3ccccc3)cc2)c1. The number of benzene rings is 3. The molecule has 0 aliphatic rings. The van der Waals surface area contributed by atoms with Gasteiger partial charge in [0.05, 0.1) is 0 Å². The highest BCUT2D eigenvalue weighted by atomic mass is 35.5. The molecule has 0 amide bonds. The number of nitrogens with one attached hydrogen (secondary N) is 1. The monoisotopic (exact) mass is 387 g/mol. The van der Waals surface area contributed by atoms with Crippen LogP contribution in [0, 0.1) is 0 Å². The van der Waals surface area contributed by atoms with Gasteiger partial charge in [-0.2, -0.15) is 0 Å². The number of hydrogen-bond donors (Lipinski definition) is 1. The first-order valence-electron chi connectivity index (χ1n) is 8.28. The molecule has 0 aromatic heterocycles. The molecule has 3 rings (SSSR count). The quantitative estimate of drug-likeness (QED) is 0.476. The molecule has 5 heteroatoms. The normalized spacial score (nSPS) is 10.4. The molecule has 0 unspecified atom stereocenters. The van der Waals surface area contributed by atoms with Gasteiger partial charge in [0.25, 0.3) is 0 Å². The molecule has 0 spiro atoms.